The Morgan fingerprint density at radius 2 is 1.87 bits per heavy atom. The molecule has 1 fully saturated rings. The number of urea groups is 1. The SMILES string of the molecule is O=C1NC(=O)C(CS)(c2ccccc2)N1. The number of nitrogens with one attached hydrogen (secondary N) is 2. The molecule has 1 heterocycles. The van der Waals surface area contributed by atoms with Gasteiger partial charge < -0.3 is 5.32 Å². The second-order valence-corrected chi connectivity index (χ2v) is 3.65. The highest BCUT2D eigenvalue weighted by Crippen LogP contribution is 2.25. The van der Waals surface area contributed by atoms with E-state index in [9.17, 15) is 9.59 Å². The van der Waals surface area contributed by atoms with Gasteiger partial charge in [0.25, 0.3) is 5.91 Å². The van der Waals surface area contributed by atoms with Crippen molar-refractivity contribution in [3.05, 3.63) is 35.9 Å². The Balaban J connectivity index is 2.47. The first-order valence-electron chi connectivity index (χ1n) is 4.49. The van der Waals surface area contributed by atoms with Gasteiger partial charge in [0.2, 0.25) is 0 Å². The summed E-state index contributed by atoms with van der Waals surface area (Å²) in [5.74, 6) is -0.122. The number of benzene rings is 1. The quantitative estimate of drug-likeness (QED) is 0.508. The van der Waals surface area contributed by atoms with Crippen LogP contribution in [0.15, 0.2) is 30.3 Å². The summed E-state index contributed by atoms with van der Waals surface area (Å²) in [5.41, 5.74) is -0.287. The lowest BCUT2D eigenvalue weighted by Crippen LogP contribution is -2.45. The first-order valence-corrected chi connectivity index (χ1v) is 5.12. The minimum Gasteiger partial charge on any atom is -0.319 e. The standard InChI is InChI=1S/C10H10N2O2S/c13-8-10(6-15,12-9(14)11-8)7-4-2-1-3-5-7/h1-5,15H,6H2,(H2,11,12,13,14). The van der Waals surface area contributed by atoms with Gasteiger partial charge in [0.1, 0.15) is 0 Å². The lowest BCUT2D eigenvalue weighted by atomic mass is 9.92. The van der Waals surface area contributed by atoms with Crippen molar-refractivity contribution >= 4 is 24.6 Å². The Bertz CT molecular complexity index is 407. The highest BCUT2D eigenvalue weighted by Gasteiger charge is 2.46. The fraction of sp³-hybridized carbons (Fsp3) is 0.200. The molecule has 1 aliphatic heterocycles. The van der Waals surface area contributed by atoms with Crippen LogP contribution < -0.4 is 10.6 Å². The molecule has 0 spiro atoms. The molecule has 0 saturated carbocycles. The van der Waals surface area contributed by atoms with Crippen LogP contribution in [0.1, 0.15) is 5.56 Å². The summed E-state index contributed by atoms with van der Waals surface area (Å²) in [4.78, 5) is 22.8. The topological polar surface area (TPSA) is 58.2 Å². The van der Waals surface area contributed by atoms with E-state index in [1.54, 1.807) is 12.1 Å². The van der Waals surface area contributed by atoms with Gasteiger partial charge in [-0.15, -0.1) is 0 Å². The summed E-state index contributed by atoms with van der Waals surface area (Å²) in [6.07, 6.45) is 0. The monoisotopic (exact) mass is 222 g/mol. The maximum absolute atomic E-state index is 11.7. The molecule has 15 heavy (non-hydrogen) atoms. The summed E-state index contributed by atoms with van der Waals surface area (Å²) < 4.78 is 0. The molecule has 2 rings (SSSR count). The van der Waals surface area contributed by atoms with Crippen molar-refractivity contribution in [2.24, 2.45) is 0 Å². The Hall–Kier alpha value is -1.49. The molecule has 78 valence electrons. The second kappa shape index (κ2) is 3.58. The zero-order valence-electron chi connectivity index (χ0n) is 7.86. The van der Waals surface area contributed by atoms with Crippen LogP contribution >= 0.6 is 12.6 Å². The van der Waals surface area contributed by atoms with Gasteiger partial charge in [-0.25, -0.2) is 4.79 Å². The van der Waals surface area contributed by atoms with Crippen LogP contribution in [-0.2, 0) is 10.3 Å². The van der Waals surface area contributed by atoms with Crippen LogP contribution in [-0.4, -0.2) is 17.7 Å². The van der Waals surface area contributed by atoms with E-state index >= 15 is 0 Å². The average Bonchev–Trinajstić information content (AvgIpc) is 2.56. The number of carbonyl (C=O) groups is 2. The van der Waals surface area contributed by atoms with Crippen molar-refractivity contribution in [1.29, 1.82) is 0 Å². The first kappa shape index (κ1) is 10.0. The minimum absolute atomic E-state index is 0.231. The van der Waals surface area contributed by atoms with Crippen molar-refractivity contribution in [3.63, 3.8) is 0 Å². The highest BCUT2D eigenvalue weighted by molar-refractivity contribution is 7.80. The Labute approximate surface area is 92.5 Å². The molecule has 0 aliphatic carbocycles. The van der Waals surface area contributed by atoms with Gasteiger partial charge in [0.15, 0.2) is 5.54 Å². The summed E-state index contributed by atoms with van der Waals surface area (Å²) in [7, 11) is 0. The van der Waals surface area contributed by atoms with Crippen molar-refractivity contribution < 1.29 is 9.59 Å². The third-order valence-electron chi connectivity index (χ3n) is 2.45. The van der Waals surface area contributed by atoms with Crippen LogP contribution in [0, 0.1) is 0 Å². The number of amides is 3. The molecule has 1 aromatic carbocycles. The third-order valence-corrected chi connectivity index (χ3v) is 2.92. The van der Waals surface area contributed by atoms with E-state index in [0.717, 1.165) is 5.56 Å². The molecule has 3 amide bonds. The molecule has 1 unspecified atom stereocenters. The maximum atomic E-state index is 11.7. The van der Waals surface area contributed by atoms with E-state index in [-0.39, 0.29) is 11.7 Å². The summed E-state index contributed by atoms with van der Waals surface area (Å²) in [6.45, 7) is 0. The first-order chi connectivity index (χ1) is 7.19. The van der Waals surface area contributed by atoms with E-state index < -0.39 is 11.6 Å². The smallest absolute Gasteiger partial charge is 0.319 e. The Morgan fingerprint density at radius 1 is 1.20 bits per heavy atom. The van der Waals surface area contributed by atoms with Gasteiger partial charge in [-0.3, -0.25) is 10.1 Å². The van der Waals surface area contributed by atoms with Crippen LogP contribution in [0.4, 0.5) is 4.79 Å². The normalized spacial score (nSPS) is 24.9. The van der Waals surface area contributed by atoms with Crippen molar-refractivity contribution in [2.75, 3.05) is 5.75 Å². The van der Waals surface area contributed by atoms with E-state index in [2.05, 4.69) is 23.3 Å². The van der Waals surface area contributed by atoms with Gasteiger partial charge in [-0.2, -0.15) is 12.6 Å². The number of imide groups is 1. The van der Waals surface area contributed by atoms with Crippen LogP contribution in [0.5, 0.6) is 0 Å². The molecule has 1 aliphatic rings. The van der Waals surface area contributed by atoms with E-state index in [4.69, 9.17) is 0 Å². The zero-order chi connectivity index (χ0) is 10.9. The van der Waals surface area contributed by atoms with Gasteiger partial charge in [0, 0.05) is 5.75 Å². The maximum Gasteiger partial charge on any atom is 0.322 e. The van der Waals surface area contributed by atoms with E-state index in [1.165, 1.54) is 0 Å². The third kappa shape index (κ3) is 1.48. The minimum atomic E-state index is -1.03. The molecule has 0 bridgehead atoms. The van der Waals surface area contributed by atoms with Crippen LogP contribution in [0.3, 0.4) is 0 Å². The molecule has 1 aromatic rings. The fourth-order valence-electron chi connectivity index (χ4n) is 1.62. The summed E-state index contributed by atoms with van der Waals surface area (Å²) in [5, 5.41) is 4.83. The number of thiol groups is 1. The molecular formula is C10H10N2O2S. The number of hydrogen-bond donors (Lipinski definition) is 3. The molecule has 0 aromatic heterocycles. The molecule has 0 radical (unpaired) electrons. The highest BCUT2D eigenvalue weighted by atomic mass is 32.1. The van der Waals surface area contributed by atoms with Gasteiger partial charge in [-0.05, 0) is 5.56 Å². The summed E-state index contributed by atoms with van der Waals surface area (Å²) in [6, 6.07) is 8.60. The fourth-order valence-corrected chi connectivity index (χ4v) is 2.03. The van der Waals surface area contributed by atoms with Crippen LogP contribution in [0.25, 0.3) is 0 Å². The predicted molar refractivity (Wildman–Crippen MR) is 58.6 cm³/mol. The second-order valence-electron chi connectivity index (χ2n) is 3.34. The van der Waals surface area contributed by atoms with E-state index in [1.807, 2.05) is 18.2 Å². The summed E-state index contributed by atoms with van der Waals surface area (Å²) >= 11 is 4.14. The van der Waals surface area contributed by atoms with Gasteiger partial charge >= 0.3 is 6.03 Å². The number of carbonyl (C=O) groups excluding carboxylic acids is 2. The molecule has 5 heteroatoms. The molecule has 1 atom stereocenters. The number of rotatable bonds is 2. The molecule has 1 saturated heterocycles. The average molecular weight is 222 g/mol. The van der Waals surface area contributed by atoms with Crippen molar-refractivity contribution in [2.45, 2.75) is 5.54 Å². The van der Waals surface area contributed by atoms with Crippen LogP contribution in [0.2, 0.25) is 0 Å². The van der Waals surface area contributed by atoms with Gasteiger partial charge in [0.05, 0.1) is 0 Å². The van der Waals surface area contributed by atoms with Gasteiger partial charge in [-0.1, -0.05) is 30.3 Å². The largest absolute Gasteiger partial charge is 0.322 e. The lowest BCUT2D eigenvalue weighted by molar-refractivity contribution is -0.123. The number of hydrogen-bond acceptors (Lipinski definition) is 3. The zero-order valence-corrected chi connectivity index (χ0v) is 8.75. The van der Waals surface area contributed by atoms with Crippen molar-refractivity contribution in [1.82, 2.24) is 10.6 Å². The predicted octanol–water partition coefficient (Wildman–Crippen LogP) is 0.651. The molecular weight excluding hydrogens is 212 g/mol. The Kier molecular flexibility index (Phi) is 2.40. The molecule has 2 N–H and O–H groups in total. The van der Waals surface area contributed by atoms with E-state index in [0.29, 0.717) is 0 Å². The lowest BCUT2D eigenvalue weighted by Gasteiger charge is -2.23. The Morgan fingerprint density at radius 3 is 2.33 bits per heavy atom. The molecule has 4 nitrogen and oxygen atoms in total. The van der Waals surface area contributed by atoms with Crippen molar-refractivity contribution in [3.8, 4) is 0 Å².